The predicted octanol–water partition coefficient (Wildman–Crippen LogP) is 2.75. The van der Waals surface area contributed by atoms with Crippen molar-refractivity contribution in [2.45, 2.75) is 32.6 Å². The molecule has 1 heterocycles. The van der Waals surface area contributed by atoms with E-state index in [1.807, 2.05) is 0 Å². The number of rotatable bonds is 7. The molecule has 0 radical (unpaired) electrons. The summed E-state index contributed by atoms with van der Waals surface area (Å²) in [5, 5.41) is 0. The third-order valence-corrected chi connectivity index (χ3v) is 2.09. The van der Waals surface area contributed by atoms with E-state index in [2.05, 4.69) is 16.8 Å². The number of aromatic nitrogens is 1. The van der Waals surface area contributed by atoms with Gasteiger partial charge in [0, 0.05) is 6.20 Å². The van der Waals surface area contributed by atoms with Gasteiger partial charge >= 0.3 is 5.97 Å². The smallest absolute Gasteiger partial charge is 0.291 e. The molecule has 0 spiro atoms. The molecule has 0 saturated heterocycles. The Hall–Kier alpha value is -1.42. The Morgan fingerprint density at radius 2 is 2.19 bits per heavy atom. The van der Waals surface area contributed by atoms with Gasteiger partial charge in [0.05, 0.1) is 6.61 Å². The van der Waals surface area contributed by atoms with Gasteiger partial charge in [-0.3, -0.25) is 4.89 Å². The van der Waals surface area contributed by atoms with E-state index in [4.69, 9.17) is 4.89 Å². The first kappa shape index (κ1) is 12.6. The van der Waals surface area contributed by atoms with Crippen molar-refractivity contribution in [2.24, 2.45) is 0 Å². The van der Waals surface area contributed by atoms with Crippen LogP contribution in [0, 0.1) is 0 Å². The van der Waals surface area contributed by atoms with Crippen LogP contribution in [-0.2, 0) is 9.78 Å². The van der Waals surface area contributed by atoms with Crippen LogP contribution in [0.4, 0.5) is 0 Å². The number of hydrogen-bond donors (Lipinski definition) is 0. The van der Waals surface area contributed by atoms with E-state index in [1.165, 1.54) is 19.0 Å². The Balaban J connectivity index is 2.12. The molecule has 0 saturated carbocycles. The van der Waals surface area contributed by atoms with Crippen molar-refractivity contribution in [1.29, 1.82) is 0 Å². The van der Waals surface area contributed by atoms with Gasteiger partial charge in [-0.2, -0.15) is 4.89 Å². The van der Waals surface area contributed by atoms with Crippen molar-refractivity contribution in [3.63, 3.8) is 0 Å². The second-order valence-electron chi connectivity index (χ2n) is 3.47. The standard InChI is InChI=1S/C12H17NO3/c1-2-3-4-7-10-15-16-12(14)11-8-5-6-9-13-11/h5-6,8-9H,2-4,7,10H2,1H3. The summed E-state index contributed by atoms with van der Waals surface area (Å²) in [5.41, 5.74) is 0.260. The average molecular weight is 223 g/mol. The van der Waals surface area contributed by atoms with Crippen LogP contribution in [0.1, 0.15) is 43.1 Å². The molecule has 0 N–H and O–H groups in total. The molecule has 0 unspecified atom stereocenters. The summed E-state index contributed by atoms with van der Waals surface area (Å²) < 4.78 is 0. The molecule has 0 bridgehead atoms. The van der Waals surface area contributed by atoms with E-state index < -0.39 is 5.97 Å². The summed E-state index contributed by atoms with van der Waals surface area (Å²) in [7, 11) is 0. The molecular weight excluding hydrogens is 206 g/mol. The summed E-state index contributed by atoms with van der Waals surface area (Å²) in [6.07, 6.45) is 5.89. The molecule has 4 heteroatoms. The minimum absolute atomic E-state index is 0.260. The van der Waals surface area contributed by atoms with Crippen molar-refractivity contribution < 1.29 is 14.6 Å². The fourth-order valence-corrected chi connectivity index (χ4v) is 1.21. The Morgan fingerprint density at radius 1 is 1.31 bits per heavy atom. The van der Waals surface area contributed by atoms with Crippen LogP contribution in [0.3, 0.4) is 0 Å². The van der Waals surface area contributed by atoms with Gasteiger partial charge in [0.25, 0.3) is 0 Å². The second kappa shape index (κ2) is 7.82. The number of nitrogens with zero attached hydrogens (tertiary/aromatic N) is 1. The Morgan fingerprint density at radius 3 is 2.88 bits per heavy atom. The Kier molecular flexibility index (Phi) is 6.18. The SMILES string of the molecule is CCCCCCOOC(=O)c1ccccn1. The third kappa shape index (κ3) is 4.89. The van der Waals surface area contributed by atoms with E-state index in [9.17, 15) is 4.79 Å². The highest BCUT2D eigenvalue weighted by Gasteiger charge is 2.08. The molecule has 0 aliphatic heterocycles. The van der Waals surface area contributed by atoms with Gasteiger partial charge in [0.1, 0.15) is 0 Å². The van der Waals surface area contributed by atoms with Crippen molar-refractivity contribution >= 4 is 5.97 Å². The average Bonchev–Trinajstić information content (AvgIpc) is 2.34. The van der Waals surface area contributed by atoms with Gasteiger partial charge in [-0.05, 0) is 18.6 Å². The molecular formula is C12H17NO3. The molecule has 16 heavy (non-hydrogen) atoms. The lowest BCUT2D eigenvalue weighted by atomic mass is 10.2. The van der Waals surface area contributed by atoms with Crippen molar-refractivity contribution in [3.8, 4) is 0 Å². The molecule has 0 aromatic carbocycles. The van der Waals surface area contributed by atoms with Crippen LogP contribution < -0.4 is 0 Å². The Bertz CT molecular complexity index is 300. The third-order valence-electron chi connectivity index (χ3n) is 2.09. The summed E-state index contributed by atoms with van der Waals surface area (Å²) in [4.78, 5) is 24.6. The van der Waals surface area contributed by atoms with Gasteiger partial charge < -0.3 is 0 Å². The molecule has 0 aliphatic rings. The maximum absolute atomic E-state index is 11.3. The largest absolute Gasteiger partial charge is 0.391 e. The van der Waals surface area contributed by atoms with Crippen LogP contribution in [0.25, 0.3) is 0 Å². The molecule has 88 valence electrons. The van der Waals surface area contributed by atoms with E-state index in [0.717, 1.165) is 12.8 Å². The predicted molar refractivity (Wildman–Crippen MR) is 59.7 cm³/mol. The molecule has 0 fully saturated rings. The molecule has 1 aromatic heterocycles. The molecule has 0 atom stereocenters. The lowest BCUT2D eigenvalue weighted by molar-refractivity contribution is -0.241. The fraction of sp³-hybridized carbons (Fsp3) is 0.500. The lowest BCUT2D eigenvalue weighted by Crippen LogP contribution is -2.08. The van der Waals surface area contributed by atoms with Crippen LogP contribution >= 0.6 is 0 Å². The maximum Gasteiger partial charge on any atom is 0.391 e. The van der Waals surface area contributed by atoms with E-state index in [-0.39, 0.29) is 5.69 Å². The normalized spacial score (nSPS) is 10.1. The first-order valence-electron chi connectivity index (χ1n) is 5.59. The number of carbonyl (C=O) groups excluding carboxylic acids is 1. The van der Waals surface area contributed by atoms with Crippen molar-refractivity contribution in [3.05, 3.63) is 30.1 Å². The van der Waals surface area contributed by atoms with E-state index >= 15 is 0 Å². The fourth-order valence-electron chi connectivity index (χ4n) is 1.21. The van der Waals surface area contributed by atoms with Crippen LogP contribution in [0.15, 0.2) is 24.4 Å². The van der Waals surface area contributed by atoms with Crippen molar-refractivity contribution in [1.82, 2.24) is 4.98 Å². The molecule has 1 rings (SSSR count). The highest BCUT2D eigenvalue weighted by atomic mass is 17.2. The topological polar surface area (TPSA) is 48.4 Å². The number of hydrogen-bond acceptors (Lipinski definition) is 4. The van der Waals surface area contributed by atoms with Gasteiger partial charge in [0.2, 0.25) is 0 Å². The highest BCUT2D eigenvalue weighted by molar-refractivity contribution is 5.86. The zero-order valence-corrected chi connectivity index (χ0v) is 9.52. The number of carbonyl (C=O) groups is 1. The van der Waals surface area contributed by atoms with Crippen molar-refractivity contribution in [2.75, 3.05) is 6.61 Å². The summed E-state index contributed by atoms with van der Waals surface area (Å²) in [6, 6.07) is 5.05. The first-order chi connectivity index (χ1) is 7.84. The summed E-state index contributed by atoms with van der Waals surface area (Å²) in [5.74, 6) is -0.545. The highest BCUT2D eigenvalue weighted by Crippen LogP contribution is 2.01. The number of unbranched alkanes of at least 4 members (excludes halogenated alkanes) is 3. The molecule has 0 aliphatic carbocycles. The quantitative estimate of drug-likeness (QED) is 0.405. The van der Waals surface area contributed by atoms with Crippen LogP contribution in [-0.4, -0.2) is 17.6 Å². The minimum atomic E-state index is -0.545. The number of pyridine rings is 1. The van der Waals surface area contributed by atoms with E-state index in [0.29, 0.717) is 6.61 Å². The molecule has 4 nitrogen and oxygen atoms in total. The zero-order chi connectivity index (χ0) is 11.6. The first-order valence-corrected chi connectivity index (χ1v) is 5.59. The van der Waals surface area contributed by atoms with E-state index in [1.54, 1.807) is 18.2 Å². The van der Waals surface area contributed by atoms with Gasteiger partial charge in [-0.25, -0.2) is 9.78 Å². The zero-order valence-electron chi connectivity index (χ0n) is 9.52. The van der Waals surface area contributed by atoms with Crippen LogP contribution in [0.2, 0.25) is 0 Å². The summed E-state index contributed by atoms with van der Waals surface area (Å²) >= 11 is 0. The van der Waals surface area contributed by atoms with Gasteiger partial charge in [0.15, 0.2) is 5.69 Å². The van der Waals surface area contributed by atoms with Gasteiger partial charge in [-0.15, -0.1) is 0 Å². The molecule has 0 amide bonds. The van der Waals surface area contributed by atoms with Gasteiger partial charge in [-0.1, -0.05) is 32.3 Å². The monoisotopic (exact) mass is 223 g/mol. The molecule has 1 aromatic rings. The van der Waals surface area contributed by atoms with Crippen LogP contribution in [0.5, 0.6) is 0 Å². The Labute approximate surface area is 95.5 Å². The minimum Gasteiger partial charge on any atom is -0.291 e. The summed E-state index contributed by atoms with van der Waals surface area (Å²) in [6.45, 7) is 2.58. The second-order valence-corrected chi connectivity index (χ2v) is 3.47. The maximum atomic E-state index is 11.3. The lowest BCUT2D eigenvalue weighted by Gasteiger charge is -2.02.